The molecule has 0 aliphatic rings. The Bertz CT molecular complexity index is 992. The van der Waals surface area contributed by atoms with E-state index in [2.05, 4.69) is 0 Å². The molecule has 242 valence electrons. The fourth-order valence-corrected chi connectivity index (χ4v) is 2.63. The van der Waals surface area contributed by atoms with Crippen LogP contribution in [0.25, 0.3) is 0 Å². The third-order valence-electron chi connectivity index (χ3n) is 5.58. The third-order valence-corrected chi connectivity index (χ3v) is 5.58. The van der Waals surface area contributed by atoms with E-state index in [4.69, 9.17) is 23.7 Å². The standard InChI is InChI=1S/C31H52O11/c1-27(2,3)22(33)38-17-19(40-24(35)29(7,8)9)21(42-26(37)31(13,14)15)20(41-25(36)30(10,11)12)18(16-32)39-23(34)28(4,5)6/h16,18-21H,17H2,1-15H3/t18-,19+,20+,21+/m0/s1. The van der Waals surface area contributed by atoms with Gasteiger partial charge in [0.1, 0.15) is 6.61 Å². The highest BCUT2D eigenvalue weighted by molar-refractivity contribution is 5.80. The molecule has 0 aromatic rings. The zero-order valence-electron chi connectivity index (χ0n) is 28.1. The van der Waals surface area contributed by atoms with Crippen LogP contribution in [0.1, 0.15) is 104 Å². The van der Waals surface area contributed by atoms with Gasteiger partial charge in [-0.3, -0.25) is 28.8 Å². The van der Waals surface area contributed by atoms with Crippen LogP contribution in [-0.2, 0) is 52.5 Å². The van der Waals surface area contributed by atoms with Gasteiger partial charge >= 0.3 is 29.8 Å². The normalized spacial score (nSPS) is 15.8. The summed E-state index contributed by atoms with van der Waals surface area (Å²) in [5.41, 5.74) is -5.25. The first-order valence-corrected chi connectivity index (χ1v) is 14.0. The summed E-state index contributed by atoms with van der Waals surface area (Å²) in [5.74, 6) is -3.86. The Morgan fingerprint density at radius 3 is 1.12 bits per heavy atom. The Morgan fingerprint density at radius 2 is 0.786 bits per heavy atom. The highest BCUT2D eigenvalue weighted by Gasteiger charge is 2.48. The molecule has 0 rings (SSSR count). The van der Waals surface area contributed by atoms with E-state index in [1.807, 2.05) is 0 Å². The van der Waals surface area contributed by atoms with Crippen LogP contribution in [0.5, 0.6) is 0 Å². The van der Waals surface area contributed by atoms with E-state index >= 15 is 0 Å². The molecule has 4 atom stereocenters. The minimum atomic E-state index is -1.78. The summed E-state index contributed by atoms with van der Waals surface area (Å²) in [7, 11) is 0. The van der Waals surface area contributed by atoms with Crippen molar-refractivity contribution in [3.63, 3.8) is 0 Å². The van der Waals surface area contributed by atoms with Gasteiger partial charge in [-0.25, -0.2) is 0 Å². The Morgan fingerprint density at radius 1 is 0.476 bits per heavy atom. The molecule has 0 saturated heterocycles. The van der Waals surface area contributed by atoms with Crippen molar-refractivity contribution in [2.24, 2.45) is 27.1 Å². The number of aldehydes is 1. The number of carbonyl (C=O) groups excluding carboxylic acids is 6. The fraction of sp³-hybridized carbons (Fsp3) is 0.806. The molecule has 0 bridgehead atoms. The first kappa shape index (κ1) is 39.0. The molecule has 0 aliphatic heterocycles. The van der Waals surface area contributed by atoms with Crippen LogP contribution in [-0.4, -0.2) is 67.2 Å². The second-order valence-electron chi connectivity index (χ2n) is 15.5. The summed E-state index contributed by atoms with van der Waals surface area (Å²) in [6, 6.07) is 0. The Balaban J connectivity index is 7.27. The van der Waals surface area contributed by atoms with E-state index < -0.39 is 87.9 Å². The minimum Gasteiger partial charge on any atom is -0.461 e. The molecule has 0 spiro atoms. The molecule has 0 heterocycles. The van der Waals surface area contributed by atoms with Crippen LogP contribution < -0.4 is 0 Å². The molecule has 0 saturated carbocycles. The number of esters is 5. The molecule has 11 heteroatoms. The van der Waals surface area contributed by atoms with Gasteiger partial charge in [-0.2, -0.15) is 0 Å². The maximum Gasteiger partial charge on any atom is 0.312 e. The fourth-order valence-electron chi connectivity index (χ4n) is 2.63. The van der Waals surface area contributed by atoms with Crippen molar-refractivity contribution >= 4 is 36.1 Å². The monoisotopic (exact) mass is 600 g/mol. The zero-order valence-corrected chi connectivity index (χ0v) is 28.1. The largest absolute Gasteiger partial charge is 0.461 e. The summed E-state index contributed by atoms with van der Waals surface area (Å²) in [5, 5.41) is 0. The van der Waals surface area contributed by atoms with E-state index in [0.717, 1.165) is 0 Å². The highest BCUT2D eigenvalue weighted by atomic mass is 16.6. The lowest BCUT2D eigenvalue weighted by atomic mass is 9.94. The van der Waals surface area contributed by atoms with Crippen LogP contribution in [0.2, 0.25) is 0 Å². The Labute approximate surface area is 250 Å². The van der Waals surface area contributed by atoms with Crippen molar-refractivity contribution in [1.29, 1.82) is 0 Å². The van der Waals surface area contributed by atoms with Crippen LogP contribution in [0.15, 0.2) is 0 Å². The van der Waals surface area contributed by atoms with Crippen molar-refractivity contribution < 1.29 is 52.5 Å². The molecular formula is C31H52O11. The van der Waals surface area contributed by atoms with E-state index in [-0.39, 0.29) is 6.29 Å². The number of ether oxygens (including phenoxy) is 5. The van der Waals surface area contributed by atoms with Crippen molar-refractivity contribution in [3.05, 3.63) is 0 Å². The lowest BCUT2D eigenvalue weighted by molar-refractivity contribution is -0.213. The van der Waals surface area contributed by atoms with E-state index in [9.17, 15) is 28.8 Å². The van der Waals surface area contributed by atoms with Crippen molar-refractivity contribution in [3.8, 4) is 0 Å². The maximum atomic E-state index is 13.2. The Hall–Kier alpha value is -2.98. The second kappa shape index (κ2) is 14.0. The summed E-state index contributed by atoms with van der Waals surface area (Å²) < 4.78 is 28.2. The number of rotatable bonds is 10. The van der Waals surface area contributed by atoms with Crippen molar-refractivity contribution in [1.82, 2.24) is 0 Å². The highest BCUT2D eigenvalue weighted by Crippen LogP contribution is 2.29. The van der Waals surface area contributed by atoms with Gasteiger partial charge in [0.25, 0.3) is 0 Å². The predicted octanol–water partition coefficient (Wildman–Crippen LogP) is 4.61. The second-order valence-corrected chi connectivity index (χ2v) is 15.5. The van der Waals surface area contributed by atoms with Crippen molar-refractivity contribution in [2.45, 2.75) is 128 Å². The Kier molecular flexibility index (Phi) is 13.0. The molecule has 0 aromatic heterocycles. The van der Waals surface area contributed by atoms with Crippen LogP contribution in [0.4, 0.5) is 0 Å². The molecule has 0 radical (unpaired) electrons. The van der Waals surface area contributed by atoms with Crippen LogP contribution >= 0.6 is 0 Å². The molecule has 0 unspecified atom stereocenters. The van der Waals surface area contributed by atoms with Crippen LogP contribution in [0.3, 0.4) is 0 Å². The molecule has 0 fully saturated rings. The predicted molar refractivity (Wildman–Crippen MR) is 154 cm³/mol. The summed E-state index contributed by atoms with van der Waals surface area (Å²) >= 11 is 0. The SMILES string of the molecule is CC(C)(C)C(=O)OC[C@@H](OC(=O)C(C)(C)C)[C@@H](OC(=O)C(C)(C)C)[C@H](OC(=O)C(C)(C)C)[C@H](C=O)OC(=O)C(C)(C)C. The molecule has 0 amide bonds. The van der Waals surface area contributed by atoms with E-state index in [1.54, 1.807) is 104 Å². The average molecular weight is 601 g/mol. The van der Waals surface area contributed by atoms with E-state index in [0.29, 0.717) is 0 Å². The summed E-state index contributed by atoms with van der Waals surface area (Å²) in [6.07, 6.45) is -6.62. The first-order chi connectivity index (χ1) is 18.5. The summed E-state index contributed by atoms with van der Waals surface area (Å²) in [4.78, 5) is 77.4. The maximum absolute atomic E-state index is 13.2. The van der Waals surface area contributed by atoms with Crippen molar-refractivity contribution in [2.75, 3.05) is 6.61 Å². The van der Waals surface area contributed by atoms with Gasteiger partial charge in [-0.05, 0) is 104 Å². The molecule has 0 aliphatic carbocycles. The number of hydrogen-bond acceptors (Lipinski definition) is 11. The lowest BCUT2D eigenvalue weighted by Crippen LogP contribution is -2.56. The molecular weight excluding hydrogens is 548 g/mol. The van der Waals surface area contributed by atoms with Gasteiger partial charge in [0.15, 0.2) is 30.7 Å². The van der Waals surface area contributed by atoms with Gasteiger partial charge in [0.2, 0.25) is 0 Å². The first-order valence-electron chi connectivity index (χ1n) is 14.0. The van der Waals surface area contributed by atoms with E-state index in [1.165, 1.54) is 0 Å². The number of hydrogen-bond donors (Lipinski definition) is 0. The van der Waals surface area contributed by atoms with Gasteiger partial charge < -0.3 is 23.7 Å². The quantitative estimate of drug-likeness (QED) is 0.197. The number of carbonyl (C=O) groups is 6. The zero-order chi connectivity index (χ0) is 33.6. The molecule has 11 nitrogen and oxygen atoms in total. The van der Waals surface area contributed by atoms with Gasteiger partial charge in [0, 0.05) is 0 Å². The van der Waals surface area contributed by atoms with Gasteiger partial charge in [-0.15, -0.1) is 0 Å². The molecule has 0 N–H and O–H groups in total. The third kappa shape index (κ3) is 12.5. The van der Waals surface area contributed by atoms with Crippen LogP contribution in [0, 0.1) is 27.1 Å². The topological polar surface area (TPSA) is 149 Å². The average Bonchev–Trinajstić information content (AvgIpc) is 2.78. The lowest BCUT2D eigenvalue weighted by Gasteiger charge is -2.37. The van der Waals surface area contributed by atoms with Gasteiger partial charge in [0.05, 0.1) is 27.1 Å². The van der Waals surface area contributed by atoms with Gasteiger partial charge in [-0.1, -0.05) is 0 Å². The molecule has 42 heavy (non-hydrogen) atoms. The summed E-state index contributed by atoms with van der Waals surface area (Å²) in [6.45, 7) is 23.0. The minimum absolute atomic E-state index is 0.242. The molecule has 0 aromatic carbocycles. The smallest absolute Gasteiger partial charge is 0.312 e.